The number of hydrogen-bond acceptors (Lipinski definition) is 8. The van der Waals surface area contributed by atoms with E-state index in [1.165, 1.54) is 19.3 Å². The second kappa shape index (κ2) is 9.06. The van der Waals surface area contributed by atoms with Crippen LogP contribution < -0.4 is 9.47 Å². The smallest absolute Gasteiger partial charge is 0.315 e. The summed E-state index contributed by atoms with van der Waals surface area (Å²) < 4.78 is 10.4. The highest BCUT2D eigenvalue weighted by Crippen LogP contribution is 2.39. The maximum Gasteiger partial charge on any atom is 0.315 e. The van der Waals surface area contributed by atoms with Crippen molar-refractivity contribution in [2.45, 2.75) is 0 Å². The zero-order valence-corrected chi connectivity index (χ0v) is 17.1. The van der Waals surface area contributed by atoms with Crippen LogP contribution in [-0.2, 0) is 4.79 Å². The summed E-state index contributed by atoms with van der Waals surface area (Å²) in [7, 11) is 1.25. The number of rotatable bonds is 7. The van der Waals surface area contributed by atoms with Crippen LogP contribution in [0.5, 0.6) is 17.2 Å². The Labute approximate surface area is 180 Å². The van der Waals surface area contributed by atoms with Crippen molar-refractivity contribution >= 4 is 46.3 Å². The van der Waals surface area contributed by atoms with Crippen LogP contribution in [0.3, 0.4) is 0 Å². The Morgan fingerprint density at radius 2 is 2.00 bits per heavy atom. The number of nitrogens with zero attached hydrogens (tertiary/aromatic N) is 2. The van der Waals surface area contributed by atoms with Gasteiger partial charge in [0.05, 0.1) is 28.5 Å². The zero-order chi connectivity index (χ0) is 21.8. The normalized spacial score (nSPS) is 15.0. The van der Waals surface area contributed by atoms with Crippen molar-refractivity contribution in [1.29, 1.82) is 0 Å². The maximum atomic E-state index is 12.6. The Kier molecular flexibility index (Phi) is 6.48. The number of ether oxygens (including phenoxy) is 2. The number of carbonyl (C=O) groups is 2. The van der Waals surface area contributed by atoms with Gasteiger partial charge in [-0.15, -0.1) is 0 Å². The number of para-hydroxylation sites is 1. The molecule has 0 unspecified atom stereocenters. The van der Waals surface area contributed by atoms with Gasteiger partial charge in [-0.05, 0) is 41.6 Å². The zero-order valence-electron chi connectivity index (χ0n) is 15.5. The topological polar surface area (TPSA) is 119 Å². The molecule has 1 heterocycles. The highest BCUT2D eigenvalue weighted by Gasteiger charge is 2.35. The van der Waals surface area contributed by atoms with Crippen molar-refractivity contribution in [3.63, 3.8) is 0 Å². The van der Waals surface area contributed by atoms with Crippen LogP contribution in [0.4, 0.5) is 10.5 Å². The van der Waals surface area contributed by atoms with Crippen LogP contribution >= 0.6 is 23.4 Å². The monoisotopic (exact) mass is 450 g/mol. The molecule has 0 atom stereocenters. The quantitative estimate of drug-likeness (QED) is 0.380. The predicted molar refractivity (Wildman–Crippen MR) is 111 cm³/mol. The number of imide groups is 1. The number of thioether (sulfide) groups is 1. The number of phenolic OH excluding ortho intramolecular Hbond substituents is 1. The van der Waals surface area contributed by atoms with Gasteiger partial charge in [0.15, 0.2) is 5.75 Å². The number of phenols is 1. The molecule has 2 aromatic rings. The van der Waals surface area contributed by atoms with Crippen LogP contribution in [-0.4, -0.2) is 46.3 Å². The number of benzene rings is 2. The number of aromatic hydroxyl groups is 1. The molecule has 1 fully saturated rings. The van der Waals surface area contributed by atoms with Gasteiger partial charge in [-0.3, -0.25) is 24.6 Å². The van der Waals surface area contributed by atoms with Crippen molar-refractivity contribution in [2.24, 2.45) is 0 Å². The lowest BCUT2D eigenvalue weighted by Crippen LogP contribution is -2.32. The fourth-order valence-corrected chi connectivity index (χ4v) is 3.70. The Morgan fingerprint density at radius 3 is 2.67 bits per heavy atom. The molecule has 0 bridgehead atoms. The summed E-state index contributed by atoms with van der Waals surface area (Å²) in [4.78, 5) is 36.3. The van der Waals surface area contributed by atoms with E-state index < -0.39 is 27.5 Å². The summed E-state index contributed by atoms with van der Waals surface area (Å²) in [5, 5.41) is 20.9. The number of nitro benzene ring substituents is 1. The summed E-state index contributed by atoms with van der Waals surface area (Å²) in [6, 6.07) is 9.24. The summed E-state index contributed by atoms with van der Waals surface area (Å²) >= 11 is 6.70. The van der Waals surface area contributed by atoms with E-state index in [1.54, 1.807) is 24.3 Å². The summed E-state index contributed by atoms with van der Waals surface area (Å²) in [6.07, 6.45) is 1.33. The first-order chi connectivity index (χ1) is 14.3. The van der Waals surface area contributed by atoms with Crippen molar-refractivity contribution in [3.05, 3.63) is 62.0 Å². The molecule has 0 saturated carbocycles. The Hall–Kier alpha value is -3.24. The first kappa shape index (κ1) is 21.5. The van der Waals surface area contributed by atoms with Gasteiger partial charge < -0.3 is 14.6 Å². The number of nitro groups is 1. The van der Waals surface area contributed by atoms with Crippen molar-refractivity contribution in [1.82, 2.24) is 4.90 Å². The van der Waals surface area contributed by atoms with E-state index >= 15 is 0 Å². The van der Waals surface area contributed by atoms with E-state index in [0.29, 0.717) is 22.5 Å². The molecule has 2 aromatic carbocycles. The Bertz CT molecular complexity index is 1060. The number of carbonyl (C=O) groups excluding carboxylic acids is 2. The molecule has 30 heavy (non-hydrogen) atoms. The van der Waals surface area contributed by atoms with Crippen molar-refractivity contribution in [2.75, 3.05) is 20.3 Å². The van der Waals surface area contributed by atoms with E-state index in [1.807, 2.05) is 0 Å². The Balaban J connectivity index is 1.76. The molecule has 1 N–H and O–H groups in total. The van der Waals surface area contributed by atoms with Gasteiger partial charge in [-0.1, -0.05) is 23.7 Å². The molecule has 1 aliphatic rings. The van der Waals surface area contributed by atoms with Crippen LogP contribution in [0.2, 0.25) is 5.02 Å². The van der Waals surface area contributed by atoms with Gasteiger partial charge >= 0.3 is 5.69 Å². The average Bonchev–Trinajstić information content (AvgIpc) is 2.97. The van der Waals surface area contributed by atoms with Crippen LogP contribution in [0, 0.1) is 10.1 Å². The van der Waals surface area contributed by atoms with Crippen molar-refractivity contribution < 1.29 is 29.1 Å². The fraction of sp³-hybridized carbons (Fsp3) is 0.158. The van der Waals surface area contributed by atoms with Gasteiger partial charge in [0.2, 0.25) is 5.75 Å². The molecule has 9 nitrogen and oxygen atoms in total. The minimum absolute atomic E-state index is 0.00623. The fourth-order valence-electron chi connectivity index (χ4n) is 2.64. The van der Waals surface area contributed by atoms with E-state index in [0.717, 1.165) is 11.0 Å². The van der Waals surface area contributed by atoms with Crippen LogP contribution in [0.1, 0.15) is 5.56 Å². The van der Waals surface area contributed by atoms with Crippen LogP contribution in [0.25, 0.3) is 6.08 Å². The molecular formula is C19H15ClN2O7S. The molecule has 0 aromatic heterocycles. The lowest BCUT2D eigenvalue weighted by Gasteiger charge is -2.13. The predicted octanol–water partition coefficient (Wildman–Crippen LogP) is 4.08. The first-order valence-electron chi connectivity index (χ1n) is 8.50. The van der Waals surface area contributed by atoms with E-state index in [2.05, 4.69) is 0 Å². The second-order valence-corrected chi connectivity index (χ2v) is 7.36. The molecule has 156 valence electrons. The SMILES string of the molecule is COc1cc(/C=C2\SC(=O)N(CCOc3ccccc3Cl)C2=O)cc([N+](=O)[O-])c1O. The largest absolute Gasteiger partial charge is 0.500 e. The molecule has 3 rings (SSSR count). The average molecular weight is 451 g/mol. The van der Waals surface area contributed by atoms with Gasteiger partial charge in [-0.25, -0.2) is 0 Å². The molecule has 2 amide bonds. The molecule has 0 spiro atoms. The van der Waals surface area contributed by atoms with Crippen LogP contribution in [0.15, 0.2) is 41.3 Å². The van der Waals surface area contributed by atoms with Gasteiger partial charge in [0.25, 0.3) is 11.1 Å². The van der Waals surface area contributed by atoms with Gasteiger partial charge in [0.1, 0.15) is 12.4 Å². The number of amides is 2. The lowest BCUT2D eigenvalue weighted by molar-refractivity contribution is -0.386. The molecule has 0 radical (unpaired) electrons. The van der Waals surface area contributed by atoms with E-state index in [9.17, 15) is 24.8 Å². The number of hydrogen-bond donors (Lipinski definition) is 1. The van der Waals surface area contributed by atoms with E-state index in [4.69, 9.17) is 21.1 Å². The highest BCUT2D eigenvalue weighted by atomic mass is 35.5. The molecule has 1 saturated heterocycles. The Morgan fingerprint density at radius 1 is 1.27 bits per heavy atom. The lowest BCUT2D eigenvalue weighted by atomic mass is 10.1. The minimum atomic E-state index is -0.771. The summed E-state index contributed by atoms with van der Waals surface area (Å²) in [5.74, 6) is -0.861. The third-order valence-electron chi connectivity index (χ3n) is 4.07. The molecule has 11 heteroatoms. The molecule has 0 aliphatic carbocycles. The van der Waals surface area contributed by atoms with Crippen molar-refractivity contribution in [3.8, 4) is 17.2 Å². The molecular weight excluding hydrogens is 436 g/mol. The molecule has 1 aliphatic heterocycles. The third-order valence-corrected chi connectivity index (χ3v) is 5.29. The number of halogens is 1. The summed E-state index contributed by atoms with van der Waals surface area (Å²) in [6.45, 7) is 0.0554. The highest BCUT2D eigenvalue weighted by molar-refractivity contribution is 8.18. The van der Waals surface area contributed by atoms with Gasteiger partial charge in [-0.2, -0.15) is 0 Å². The standard InChI is InChI=1S/C19H15ClN2O7S/c1-28-15-9-11(8-13(17(15)23)22(26)27)10-16-18(24)21(19(25)30-16)6-7-29-14-5-3-2-4-12(14)20/h2-5,8-10,23H,6-7H2,1H3/b16-10-. The maximum absolute atomic E-state index is 12.6. The third kappa shape index (κ3) is 4.50. The van der Waals surface area contributed by atoms with E-state index in [-0.39, 0.29) is 29.4 Å². The second-order valence-electron chi connectivity index (χ2n) is 5.96. The summed E-state index contributed by atoms with van der Waals surface area (Å²) in [5.41, 5.74) is -0.345. The van der Waals surface area contributed by atoms with Gasteiger partial charge in [0, 0.05) is 6.07 Å². The first-order valence-corrected chi connectivity index (χ1v) is 9.69. The number of methoxy groups -OCH3 is 1. The minimum Gasteiger partial charge on any atom is -0.500 e.